The van der Waals surface area contributed by atoms with Gasteiger partial charge in [0.2, 0.25) is 0 Å². The number of amides is 1. The first-order valence-corrected chi connectivity index (χ1v) is 11.4. The molecule has 0 radical (unpaired) electrons. The number of halogens is 3. The average Bonchev–Trinajstić information content (AvgIpc) is 3.33. The van der Waals surface area contributed by atoms with Gasteiger partial charge in [0.1, 0.15) is 12.1 Å². The Morgan fingerprint density at radius 1 is 0.946 bits per heavy atom. The molecule has 0 spiro atoms. The molecule has 192 valence electrons. The zero-order valence-corrected chi connectivity index (χ0v) is 20.2. The van der Waals surface area contributed by atoms with Crippen molar-refractivity contribution in [2.24, 2.45) is 0 Å². The molecule has 37 heavy (non-hydrogen) atoms. The molecular formula is C27H25F3N4O3. The lowest BCUT2D eigenvalue weighted by atomic mass is 9.92. The molecule has 0 fully saturated rings. The molecule has 1 N–H and O–H groups in total. The molecule has 0 unspecified atom stereocenters. The van der Waals surface area contributed by atoms with E-state index in [1.165, 1.54) is 40.2 Å². The smallest absolute Gasteiger partial charge is 0.465 e. The lowest BCUT2D eigenvalue weighted by Gasteiger charge is -2.37. The first-order valence-electron chi connectivity index (χ1n) is 11.4. The van der Waals surface area contributed by atoms with Crippen molar-refractivity contribution in [3.63, 3.8) is 0 Å². The molecule has 3 aromatic carbocycles. The van der Waals surface area contributed by atoms with Crippen LogP contribution < -0.4 is 4.74 Å². The first kappa shape index (κ1) is 25.7. The Balaban J connectivity index is 1.45. The summed E-state index contributed by atoms with van der Waals surface area (Å²) >= 11 is 0. The highest BCUT2D eigenvalue weighted by Gasteiger charge is 2.32. The standard InChI is InChI=1S/C27H25F3N4O3/c1-26(2,33(25(35)36)17-20-6-4-3-5-7-20)16-19-8-10-21(11-9-19)24-31-18-34(32-24)22-12-14-23(15-13-22)37-27(28,29)30/h3-15,18H,16-17H2,1-2H3,(H,35,36). The number of benzene rings is 3. The normalized spacial score (nSPS) is 11.8. The van der Waals surface area contributed by atoms with Crippen LogP contribution in [-0.2, 0) is 13.0 Å². The molecule has 4 aromatic rings. The van der Waals surface area contributed by atoms with Crippen LogP contribution in [0.1, 0.15) is 25.0 Å². The lowest BCUT2D eigenvalue weighted by Crippen LogP contribution is -2.48. The second kappa shape index (κ2) is 10.3. The molecule has 7 nitrogen and oxygen atoms in total. The van der Waals surface area contributed by atoms with Gasteiger partial charge < -0.3 is 9.84 Å². The molecule has 0 saturated heterocycles. The van der Waals surface area contributed by atoms with Crippen LogP contribution in [0.15, 0.2) is 85.2 Å². The summed E-state index contributed by atoms with van der Waals surface area (Å²) in [5, 5.41) is 14.3. The third kappa shape index (κ3) is 6.66. The van der Waals surface area contributed by atoms with E-state index < -0.39 is 18.0 Å². The van der Waals surface area contributed by atoms with E-state index in [4.69, 9.17) is 0 Å². The van der Waals surface area contributed by atoms with Gasteiger partial charge in [-0.1, -0.05) is 54.6 Å². The van der Waals surface area contributed by atoms with Gasteiger partial charge in [0.25, 0.3) is 0 Å². The van der Waals surface area contributed by atoms with Gasteiger partial charge in [-0.2, -0.15) is 0 Å². The van der Waals surface area contributed by atoms with E-state index in [-0.39, 0.29) is 12.3 Å². The summed E-state index contributed by atoms with van der Waals surface area (Å²) < 4.78 is 42.4. The number of carbonyl (C=O) groups is 1. The maximum atomic E-state index is 12.4. The molecule has 0 aliphatic carbocycles. The molecular weight excluding hydrogens is 485 g/mol. The lowest BCUT2D eigenvalue weighted by molar-refractivity contribution is -0.274. The Labute approximate surface area is 211 Å². The van der Waals surface area contributed by atoms with Gasteiger partial charge in [-0.05, 0) is 55.7 Å². The summed E-state index contributed by atoms with van der Waals surface area (Å²) in [6.07, 6.45) is -3.77. The molecule has 1 aromatic heterocycles. The van der Waals surface area contributed by atoms with Gasteiger partial charge in [0, 0.05) is 17.6 Å². The fourth-order valence-electron chi connectivity index (χ4n) is 3.99. The van der Waals surface area contributed by atoms with E-state index in [0.29, 0.717) is 17.9 Å². The van der Waals surface area contributed by atoms with E-state index in [9.17, 15) is 23.1 Å². The summed E-state index contributed by atoms with van der Waals surface area (Å²) in [4.78, 5) is 17.8. The number of hydrogen-bond donors (Lipinski definition) is 1. The zero-order chi connectivity index (χ0) is 26.6. The largest absolute Gasteiger partial charge is 0.573 e. The number of nitrogens with zero attached hydrogens (tertiary/aromatic N) is 4. The summed E-state index contributed by atoms with van der Waals surface area (Å²) in [6.45, 7) is 4.07. The van der Waals surface area contributed by atoms with Gasteiger partial charge in [-0.25, -0.2) is 14.5 Å². The van der Waals surface area contributed by atoms with Crippen molar-refractivity contribution in [1.82, 2.24) is 19.7 Å². The predicted octanol–water partition coefficient (Wildman–Crippen LogP) is 6.33. The molecule has 0 aliphatic rings. The summed E-state index contributed by atoms with van der Waals surface area (Å²) in [7, 11) is 0. The number of alkyl halides is 3. The summed E-state index contributed by atoms with van der Waals surface area (Å²) in [5.74, 6) is 0.123. The fourth-order valence-corrected chi connectivity index (χ4v) is 3.99. The Bertz CT molecular complexity index is 1340. The fraction of sp³-hybridized carbons (Fsp3) is 0.222. The number of hydrogen-bond acceptors (Lipinski definition) is 4. The van der Waals surface area contributed by atoms with E-state index in [0.717, 1.165) is 16.7 Å². The Kier molecular flexibility index (Phi) is 7.19. The number of rotatable bonds is 8. The maximum Gasteiger partial charge on any atom is 0.573 e. The van der Waals surface area contributed by atoms with Crippen LogP contribution in [0.3, 0.4) is 0 Å². The Hall–Kier alpha value is -4.34. The molecule has 1 amide bonds. The molecule has 0 saturated carbocycles. The van der Waals surface area contributed by atoms with E-state index in [2.05, 4.69) is 14.8 Å². The molecule has 10 heteroatoms. The van der Waals surface area contributed by atoms with Gasteiger partial charge in [-0.15, -0.1) is 18.3 Å². The molecule has 0 aliphatic heterocycles. The maximum absolute atomic E-state index is 12.4. The minimum atomic E-state index is -4.75. The molecule has 1 heterocycles. The highest BCUT2D eigenvalue weighted by atomic mass is 19.4. The highest BCUT2D eigenvalue weighted by molar-refractivity contribution is 5.66. The van der Waals surface area contributed by atoms with Crippen molar-refractivity contribution in [3.05, 3.63) is 96.3 Å². The molecule has 4 rings (SSSR count). The van der Waals surface area contributed by atoms with Gasteiger partial charge >= 0.3 is 12.5 Å². The molecule has 0 bridgehead atoms. The third-order valence-electron chi connectivity index (χ3n) is 5.82. The van der Waals surface area contributed by atoms with Crippen LogP contribution in [0.2, 0.25) is 0 Å². The van der Waals surface area contributed by atoms with Crippen molar-refractivity contribution in [2.45, 2.75) is 38.7 Å². The van der Waals surface area contributed by atoms with Gasteiger partial charge in [0.15, 0.2) is 5.82 Å². The van der Waals surface area contributed by atoms with Crippen molar-refractivity contribution < 1.29 is 27.8 Å². The second-order valence-corrected chi connectivity index (χ2v) is 9.09. The number of aromatic nitrogens is 3. The van der Waals surface area contributed by atoms with E-state index in [1.807, 2.05) is 68.4 Å². The van der Waals surface area contributed by atoms with Crippen LogP contribution in [0.4, 0.5) is 18.0 Å². The van der Waals surface area contributed by atoms with Crippen LogP contribution in [-0.4, -0.2) is 42.8 Å². The monoisotopic (exact) mass is 510 g/mol. The number of carboxylic acid groups (broad SMARTS) is 1. The van der Waals surface area contributed by atoms with Crippen molar-refractivity contribution in [1.29, 1.82) is 0 Å². The predicted molar refractivity (Wildman–Crippen MR) is 131 cm³/mol. The van der Waals surface area contributed by atoms with Crippen molar-refractivity contribution in [2.75, 3.05) is 0 Å². The van der Waals surface area contributed by atoms with Crippen molar-refractivity contribution in [3.8, 4) is 22.8 Å². The van der Waals surface area contributed by atoms with E-state index >= 15 is 0 Å². The zero-order valence-electron chi connectivity index (χ0n) is 20.2. The Morgan fingerprint density at radius 3 is 2.19 bits per heavy atom. The quantitative estimate of drug-likeness (QED) is 0.299. The van der Waals surface area contributed by atoms with Crippen LogP contribution >= 0.6 is 0 Å². The van der Waals surface area contributed by atoms with Crippen LogP contribution in [0, 0.1) is 0 Å². The Morgan fingerprint density at radius 2 is 1.59 bits per heavy atom. The van der Waals surface area contributed by atoms with Crippen LogP contribution in [0.5, 0.6) is 5.75 Å². The van der Waals surface area contributed by atoms with E-state index in [1.54, 1.807) is 0 Å². The van der Waals surface area contributed by atoms with Gasteiger partial charge in [-0.3, -0.25) is 4.90 Å². The van der Waals surface area contributed by atoms with Crippen LogP contribution in [0.25, 0.3) is 17.1 Å². The third-order valence-corrected chi connectivity index (χ3v) is 5.82. The minimum absolute atomic E-state index is 0.284. The first-order chi connectivity index (χ1) is 17.5. The molecule has 0 atom stereocenters. The highest BCUT2D eigenvalue weighted by Crippen LogP contribution is 2.26. The number of ether oxygens (including phenoxy) is 1. The van der Waals surface area contributed by atoms with Crippen molar-refractivity contribution >= 4 is 6.09 Å². The SMILES string of the molecule is CC(C)(Cc1ccc(-c2ncn(-c3ccc(OC(F)(F)F)cc3)n2)cc1)N(Cc1ccccc1)C(=O)O. The second-order valence-electron chi connectivity index (χ2n) is 9.09. The summed E-state index contributed by atoms with van der Waals surface area (Å²) in [5.41, 5.74) is 2.48. The summed E-state index contributed by atoms with van der Waals surface area (Å²) in [6, 6.07) is 22.3. The topological polar surface area (TPSA) is 80.5 Å². The van der Waals surface area contributed by atoms with Gasteiger partial charge in [0.05, 0.1) is 5.69 Å². The average molecular weight is 511 g/mol. The minimum Gasteiger partial charge on any atom is -0.465 e.